The molecule has 17 heteroatoms. The first kappa shape index (κ1) is 43.6. The molecule has 1 saturated carbocycles. The molecule has 63 heavy (non-hydrogen) atoms. The second-order valence-electron chi connectivity index (χ2n) is 18.2. The zero-order chi connectivity index (χ0) is 44.6. The zero-order valence-electron chi connectivity index (χ0n) is 35.6. The molecule has 0 radical (unpaired) electrons. The minimum atomic E-state index is -2.29. The van der Waals surface area contributed by atoms with E-state index in [1.54, 1.807) is 6.92 Å². The van der Waals surface area contributed by atoms with Gasteiger partial charge in [-0.2, -0.15) is 0 Å². The van der Waals surface area contributed by atoms with Crippen molar-refractivity contribution in [1.82, 2.24) is 9.80 Å². The van der Waals surface area contributed by atoms with E-state index in [9.17, 15) is 49.2 Å². The Hall–Kier alpha value is -4.62. The molecule has 9 rings (SSSR count). The van der Waals surface area contributed by atoms with E-state index in [2.05, 4.69) is 4.90 Å². The van der Waals surface area contributed by atoms with Crippen LogP contribution in [0.2, 0.25) is 0 Å². The molecule has 2 aromatic carbocycles. The average molecular weight is 875 g/mol. The predicted molar refractivity (Wildman–Crippen MR) is 217 cm³/mol. The maximum atomic E-state index is 14.1. The molecule has 4 N–H and O–H groups in total. The number of hydrogen-bond donors (Lipinski definition) is 4. The van der Waals surface area contributed by atoms with Gasteiger partial charge in [-0.15, -0.1) is 0 Å². The first-order valence-corrected chi connectivity index (χ1v) is 22.1. The van der Waals surface area contributed by atoms with Gasteiger partial charge in [-0.3, -0.25) is 38.6 Å². The molecule has 17 nitrogen and oxygen atoms in total. The fourth-order valence-electron chi connectivity index (χ4n) is 11.4. The largest absolute Gasteiger partial charge is 0.507 e. The number of nitrogens with zero attached hydrogens (tertiary/aromatic N) is 2. The van der Waals surface area contributed by atoms with E-state index < -0.39 is 108 Å². The van der Waals surface area contributed by atoms with Gasteiger partial charge in [0.15, 0.2) is 17.9 Å². The zero-order valence-corrected chi connectivity index (χ0v) is 35.6. The number of benzene rings is 2. The van der Waals surface area contributed by atoms with Crippen LogP contribution in [0, 0.1) is 17.8 Å². The van der Waals surface area contributed by atoms with Gasteiger partial charge in [0.25, 0.3) is 0 Å². The van der Waals surface area contributed by atoms with Crippen LogP contribution in [-0.4, -0.2) is 141 Å². The number of hydrogen-bond acceptors (Lipinski definition) is 16. The molecule has 4 aliphatic heterocycles. The smallest absolute Gasteiger partial charge is 0.232 e. The fraction of sp³-hybridized carbons (Fsp3) is 0.609. The van der Waals surface area contributed by atoms with Gasteiger partial charge in [-0.25, -0.2) is 0 Å². The van der Waals surface area contributed by atoms with Crippen LogP contribution in [0.3, 0.4) is 0 Å². The highest BCUT2D eigenvalue weighted by atomic mass is 16.7. The SMILES string of the molecule is CCC(=O)C1CCC(CN2C(=O)CC(CC3OCCN4[C@@H]3O[C@@H]3[C@H](C)O[C@@H](O[C@H]5C[C@](O)(C(=O)CO)Cc6c(O)c7c(c(O)c65)C(=O)c5c(OC)cccc5C7=O)C[C@@H]34)C2=O)CC1. The Morgan fingerprint density at radius 3 is 2.44 bits per heavy atom. The van der Waals surface area contributed by atoms with E-state index in [0.717, 1.165) is 25.7 Å². The quantitative estimate of drug-likeness (QED) is 0.160. The summed E-state index contributed by atoms with van der Waals surface area (Å²) >= 11 is 0. The van der Waals surface area contributed by atoms with Crippen molar-refractivity contribution in [2.45, 2.75) is 127 Å². The van der Waals surface area contributed by atoms with Crippen LogP contribution in [-0.2, 0) is 44.5 Å². The number of imide groups is 1. The Bertz CT molecular complexity index is 2250. The number of aliphatic hydroxyl groups excluding tert-OH is 1. The molecule has 338 valence electrons. The number of likely N-dealkylation sites (tertiary alicyclic amines) is 1. The highest BCUT2D eigenvalue weighted by molar-refractivity contribution is 6.31. The molecule has 0 aromatic heterocycles. The highest BCUT2D eigenvalue weighted by Gasteiger charge is 2.56. The number of ether oxygens (including phenoxy) is 5. The summed E-state index contributed by atoms with van der Waals surface area (Å²) in [6.07, 6.45) is -1.40. The topological polar surface area (TPSA) is 236 Å². The normalized spacial score (nSPS) is 34.0. The maximum Gasteiger partial charge on any atom is 0.232 e. The number of methoxy groups -OCH3 is 1. The summed E-state index contributed by atoms with van der Waals surface area (Å²) in [5, 5.41) is 45.3. The van der Waals surface area contributed by atoms with Gasteiger partial charge in [-0.05, 0) is 51.0 Å². The number of ketones is 4. The third-order valence-corrected chi connectivity index (χ3v) is 14.7. The summed E-state index contributed by atoms with van der Waals surface area (Å²) in [6.45, 7) is 3.81. The molecule has 4 heterocycles. The number of phenols is 2. The molecule has 2 aromatic rings. The second-order valence-corrected chi connectivity index (χ2v) is 18.2. The van der Waals surface area contributed by atoms with Crippen molar-refractivity contribution in [1.29, 1.82) is 0 Å². The lowest BCUT2D eigenvalue weighted by Crippen LogP contribution is -2.55. The summed E-state index contributed by atoms with van der Waals surface area (Å²) in [4.78, 5) is 83.8. The van der Waals surface area contributed by atoms with E-state index in [0.29, 0.717) is 26.1 Å². The Labute approximate surface area is 363 Å². The molecule has 0 spiro atoms. The van der Waals surface area contributed by atoms with E-state index in [4.69, 9.17) is 23.7 Å². The van der Waals surface area contributed by atoms with Gasteiger partial charge in [0, 0.05) is 79.8 Å². The van der Waals surface area contributed by atoms with Gasteiger partial charge in [0.05, 0.1) is 48.7 Å². The first-order valence-electron chi connectivity index (χ1n) is 22.1. The van der Waals surface area contributed by atoms with Crippen molar-refractivity contribution in [3.8, 4) is 17.2 Å². The van der Waals surface area contributed by atoms with Crippen LogP contribution in [0.1, 0.15) is 121 Å². The van der Waals surface area contributed by atoms with Crippen LogP contribution in [0.4, 0.5) is 0 Å². The van der Waals surface area contributed by atoms with Crippen LogP contribution < -0.4 is 4.74 Å². The van der Waals surface area contributed by atoms with Crippen LogP contribution in [0.5, 0.6) is 17.2 Å². The number of fused-ring (bicyclic) bond motifs is 6. The molecule has 5 fully saturated rings. The average Bonchev–Trinajstić information content (AvgIpc) is 3.79. The number of carbonyl (C=O) groups is 6. The van der Waals surface area contributed by atoms with Crippen LogP contribution in [0.15, 0.2) is 18.2 Å². The number of carbonyl (C=O) groups excluding carboxylic acids is 6. The molecule has 4 saturated heterocycles. The number of aromatic hydroxyl groups is 2. The number of Topliss-reactive ketones (excluding diaryl/α,β-unsaturated/α-hetero) is 2. The number of aliphatic hydroxyl groups is 2. The minimum Gasteiger partial charge on any atom is -0.507 e. The van der Waals surface area contributed by atoms with E-state index in [-0.39, 0.29) is 82.7 Å². The summed E-state index contributed by atoms with van der Waals surface area (Å²) in [5.41, 5.74) is -3.69. The number of morpholine rings is 1. The van der Waals surface area contributed by atoms with Gasteiger partial charge >= 0.3 is 0 Å². The van der Waals surface area contributed by atoms with Crippen molar-refractivity contribution in [2.75, 3.05) is 33.4 Å². The number of amides is 2. The summed E-state index contributed by atoms with van der Waals surface area (Å²) in [6, 6.07) is 4.11. The fourth-order valence-corrected chi connectivity index (χ4v) is 11.4. The van der Waals surface area contributed by atoms with Crippen LogP contribution in [0.25, 0.3) is 0 Å². The first-order chi connectivity index (χ1) is 30.2. The molecular formula is C46H54N2O15. The third-order valence-electron chi connectivity index (χ3n) is 14.7. The lowest BCUT2D eigenvalue weighted by molar-refractivity contribution is -0.247. The van der Waals surface area contributed by atoms with Gasteiger partial charge in [-0.1, -0.05) is 19.1 Å². The van der Waals surface area contributed by atoms with Crippen molar-refractivity contribution in [2.24, 2.45) is 17.8 Å². The Morgan fingerprint density at radius 1 is 0.984 bits per heavy atom. The molecule has 3 aliphatic carbocycles. The summed E-state index contributed by atoms with van der Waals surface area (Å²) < 4.78 is 31.1. The lowest BCUT2D eigenvalue weighted by Gasteiger charge is -2.43. The monoisotopic (exact) mass is 874 g/mol. The van der Waals surface area contributed by atoms with E-state index in [1.165, 1.54) is 30.2 Å². The Balaban J connectivity index is 0.932. The van der Waals surface area contributed by atoms with Gasteiger partial charge in [0.2, 0.25) is 17.6 Å². The molecular weight excluding hydrogens is 821 g/mol. The minimum absolute atomic E-state index is 0.0600. The van der Waals surface area contributed by atoms with Gasteiger partial charge < -0.3 is 44.1 Å². The Kier molecular flexibility index (Phi) is 11.6. The number of rotatable bonds is 11. The van der Waals surface area contributed by atoms with E-state index >= 15 is 0 Å². The number of phenolic OH excluding ortho intramolecular Hbond substituents is 2. The van der Waals surface area contributed by atoms with Crippen molar-refractivity contribution < 1.29 is 72.9 Å². The summed E-state index contributed by atoms with van der Waals surface area (Å²) in [5.74, 6) is -4.30. The molecule has 7 aliphatic rings. The molecule has 0 bridgehead atoms. The highest BCUT2D eigenvalue weighted by Crippen LogP contribution is 2.53. The van der Waals surface area contributed by atoms with E-state index in [1.807, 2.05) is 6.92 Å². The lowest BCUT2D eigenvalue weighted by atomic mass is 9.72. The predicted octanol–water partition coefficient (Wildman–Crippen LogP) is 2.66. The Morgan fingerprint density at radius 2 is 1.73 bits per heavy atom. The molecule has 2 amide bonds. The second kappa shape index (κ2) is 16.7. The van der Waals surface area contributed by atoms with Gasteiger partial charge in [0.1, 0.15) is 47.6 Å². The summed E-state index contributed by atoms with van der Waals surface area (Å²) in [7, 11) is 1.33. The van der Waals surface area contributed by atoms with Crippen molar-refractivity contribution >= 4 is 34.9 Å². The molecule has 9 atom stereocenters. The molecule has 2 unspecified atom stereocenters. The maximum absolute atomic E-state index is 14.1. The van der Waals surface area contributed by atoms with Crippen LogP contribution >= 0.6 is 0 Å². The van der Waals surface area contributed by atoms with Crippen molar-refractivity contribution in [3.63, 3.8) is 0 Å². The standard InChI is InChI=1S/C46H54N2O15/c1-4-28(50)23-10-8-22(9-11-23)19-48-33(52)15-24(44(48)57)14-30-45-47(12-13-60-30)27-16-34(61-21(2)43(27)63-45)62-31-18-46(58,32(51)20-49)17-26-36(31)42(56)38-37(40(26)54)39(53)25-6-5-7-29(59-3)35(25)41(38)55/h5-7,21-24,27,30-31,34,43,45,49,54,56,58H,4,8-20H2,1-3H3/t21-,22?,23?,24?,27-,30?,31-,34-,43+,45+,46-/m0/s1. The third kappa shape index (κ3) is 7.29. The van der Waals surface area contributed by atoms with Crippen molar-refractivity contribution in [3.05, 3.63) is 51.6 Å².